The molecule has 2 aromatic carbocycles. The van der Waals surface area contributed by atoms with Crippen molar-refractivity contribution >= 4 is 49.1 Å². The second-order valence-electron chi connectivity index (χ2n) is 4.67. The average molecular weight is 402 g/mol. The Morgan fingerprint density at radius 1 is 1.11 bits per heavy atom. The summed E-state index contributed by atoms with van der Waals surface area (Å²) in [5.74, 6) is 0. The number of anilines is 1. The van der Waals surface area contributed by atoms with Crippen LogP contribution in [0.2, 0.25) is 5.02 Å². The lowest BCUT2D eigenvalue weighted by atomic mass is 10.1. The molecule has 1 nitrogen and oxygen atoms in total. The van der Waals surface area contributed by atoms with Gasteiger partial charge in [0.1, 0.15) is 0 Å². The predicted molar refractivity (Wildman–Crippen MR) is 88.0 cm³/mol. The number of hydrogen-bond donors (Lipinski definition) is 1. The Morgan fingerprint density at radius 2 is 1.95 bits per heavy atom. The molecule has 0 spiro atoms. The van der Waals surface area contributed by atoms with Crippen molar-refractivity contribution in [3.05, 3.63) is 61.5 Å². The van der Waals surface area contributed by atoms with Gasteiger partial charge in [-0.25, -0.2) is 0 Å². The molecule has 1 unspecified atom stereocenters. The minimum absolute atomic E-state index is 0.366. The standard InChI is InChI=1S/C15H12Br2ClN/c16-12-3-1-2-11-10(12)5-7-15(11)19-9-4-6-13(17)14(18)8-9/h1-4,6,8,15,19H,5,7H2. The topological polar surface area (TPSA) is 12.0 Å². The zero-order valence-electron chi connectivity index (χ0n) is 10.1. The molecule has 0 saturated carbocycles. The van der Waals surface area contributed by atoms with Gasteiger partial charge in [-0.1, -0.05) is 39.7 Å². The van der Waals surface area contributed by atoms with E-state index in [-0.39, 0.29) is 0 Å². The maximum absolute atomic E-state index is 6.13. The van der Waals surface area contributed by atoms with Crippen LogP contribution in [0.25, 0.3) is 0 Å². The molecule has 0 saturated heterocycles. The molecule has 1 aliphatic carbocycles. The number of benzene rings is 2. The molecule has 3 rings (SSSR count). The summed E-state index contributed by atoms with van der Waals surface area (Å²) in [4.78, 5) is 0. The maximum atomic E-state index is 6.13. The molecule has 0 bridgehead atoms. The van der Waals surface area contributed by atoms with E-state index < -0.39 is 0 Å². The molecule has 4 heteroatoms. The Balaban J connectivity index is 1.86. The number of rotatable bonds is 2. The first-order valence-electron chi connectivity index (χ1n) is 6.14. The first kappa shape index (κ1) is 13.5. The molecular weight excluding hydrogens is 389 g/mol. The van der Waals surface area contributed by atoms with Crippen molar-refractivity contribution < 1.29 is 0 Å². The van der Waals surface area contributed by atoms with Gasteiger partial charge < -0.3 is 5.32 Å². The van der Waals surface area contributed by atoms with Gasteiger partial charge in [0.2, 0.25) is 0 Å². The van der Waals surface area contributed by atoms with E-state index in [1.807, 2.05) is 18.2 Å². The van der Waals surface area contributed by atoms with Crippen LogP contribution in [0.15, 0.2) is 45.3 Å². The number of fused-ring (bicyclic) bond motifs is 1. The van der Waals surface area contributed by atoms with E-state index in [1.54, 1.807) is 0 Å². The summed E-state index contributed by atoms with van der Waals surface area (Å²) >= 11 is 13.2. The second-order valence-corrected chi connectivity index (χ2v) is 6.79. The van der Waals surface area contributed by atoms with E-state index in [1.165, 1.54) is 15.6 Å². The summed E-state index contributed by atoms with van der Waals surface area (Å²) in [7, 11) is 0. The van der Waals surface area contributed by atoms with Gasteiger partial charge in [-0.05, 0) is 64.2 Å². The Morgan fingerprint density at radius 3 is 2.74 bits per heavy atom. The molecule has 0 aromatic heterocycles. The van der Waals surface area contributed by atoms with Crippen molar-refractivity contribution in [3.63, 3.8) is 0 Å². The van der Waals surface area contributed by atoms with Gasteiger partial charge in [-0.15, -0.1) is 0 Å². The molecule has 98 valence electrons. The highest BCUT2D eigenvalue weighted by atomic mass is 79.9. The Kier molecular flexibility index (Phi) is 3.88. The number of hydrogen-bond acceptors (Lipinski definition) is 1. The van der Waals surface area contributed by atoms with E-state index in [9.17, 15) is 0 Å². The molecule has 19 heavy (non-hydrogen) atoms. The Labute approximate surface area is 134 Å². The highest BCUT2D eigenvalue weighted by Gasteiger charge is 2.23. The Hall–Kier alpha value is -0.510. The molecule has 0 radical (unpaired) electrons. The number of nitrogens with one attached hydrogen (secondary N) is 1. The molecule has 1 N–H and O–H groups in total. The van der Waals surface area contributed by atoms with Gasteiger partial charge in [-0.3, -0.25) is 0 Å². The van der Waals surface area contributed by atoms with Gasteiger partial charge in [0.25, 0.3) is 0 Å². The van der Waals surface area contributed by atoms with Crippen LogP contribution in [0.4, 0.5) is 5.69 Å². The first-order valence-corrected chi connectivity index (χ1v) is 8.10. The minimum Gasteiger partial charge on any atom is -0.378 e. The van der Waals surface area contributed by atoms with E-state index in [4.69, 9.17) is 11.6 Å². The lowest BCUT2D eigenvalue weighted by Gasteiger charge is -2.16. The fourth-order valence-corrected chi connectivity index (χ4v) is 3.55. The molecule has 0 amide bonds. The van der Waals surface area contributed by atoms with Gasteiger partial charge in [-0.2, -0.15) is 0 Å². The minimum atomic E-state index is 0.366. The van der Waals surface area contributed by atoms with Crippen molar-refractivity contribution in [3.8, 4) is 0 Å². The SMILES string of the molecule is Clc1cc(NC2CCc3c(Br)cccc32)ccc1Br. The van der Waals surface area contributed by atoms with Gasteiger partial charge >= 0.3 is 0 Å². The van der Waals surface area contributed by atoms with Crippen molar-refractivity contribution in [2.24, 2.45) is 0 Å². The summed E-state index contributed by atoms with van der Waals surface area (Å²) in [6.45, 7) is 0. The highest BCUT2D eigenvalue weighted by Crippen LogP contribution is 2.38. The smallest absolute Gasteiger partial charge is 0.0568 e. The van der Waals surface area contributed by atoms with Crippen molar-refractivity contribution in [2.45, 2.75) is 18.9 Å². The second kappa shape index (κ2) is 5.47. The number of halogens is 3. The summed E-state index contributed by atoms with van der Waals surface area (Å²) in [6.07, 6.45) is 2.23. The zero-order valence-corrected chi connectivity index (χ0v) is 14.0. The normalized spacial score (nSPS) is 17.3. The van der Waals surface area contributed by atoms with Gasteiger partial charge in [0, 0.05) is 14.6 Å². The predicted octanol–water partition coefficient (Wildman–Crippen LogP) is 5.96. The summed E-state index contributed by atoms with van der Waals surface area (Å²) in [6, 6.07) is 12.7. The quantitative estimate of drug-likeness (QED) is 0.654. The molecule has 2 aromatic rings. The van der Waals surface area contributed by atoms with E-state index in [2.05, 4.69) is 55.4 Å². The summed E-state index contributed by atoms with van der Waals surface area (Å²) in [5, 5.41) is 4.30. The van der Waals surface area contributed by atoms with E-state index >= 15 is 0 Å². The molecular formula is C15H12Br2ClN. The van der Waals surface area contributed by atoms with Crippen LogP contribution in [0.5, 0.6) is 0 Å². The first-order chi connectivity index (χ1) is 9.15. The molecule has 0 heterocycles. The third-order valence-electron chi connectivity index (χ3n) is 3.47. The lowest BCUT2D eigenvalue weighted by Crippen LogP contribution is -2.06. The van der Waals surface area contributed by atoms with Crippen LogP contribution in [-0.2, 0) is 6.42 Å². The molecule has 1 aliphatic rings. The largest absolute Gasteiger partial charge is 0.378 e. The van der Waals surface area contributed by atoms with Crippen LogP contribution in [0, 0.1) is 0 Å². The molecule has 0 aliphatic heterocycles. The molecule has 1 atom stereocenters. The van der Waals surface area contributed by atoms with Crippen LogP contribution < -0.4 is 5.32 Å². The van der Waals surface area contributed by atoms with Crippen molar-refractivity contribution in [2.75, 3.05) is 5.32 Å². The lowest BCUT2D eigenvalue weighted by molar-refractivity contribution is 0.762. The maximum Gasteiger partial charge on any atom is 0.0568 e. The van der Waals surface area contributed by atoms with Crippen LogP contribution in [-0.4, -0.2) is 0 Å². The van der Waals surface area contributed by atoms with E-state index in [0.717, 1.165) is 28.0 Å². The molecule has 0 fully saturated rings. The Bertz CT molecular complexity index is 628. The highest BCUT2D eigenvalue weighted by molar-refractivity contribution is 9.10. The van der Waals surface area contributed by atoms with Crippen LogP contribution >= 0.6 is 43.5 Å². The van der Waals surface area contributed by atoms with Crippen LogP contribution in [0.3, 0.4) is 0 Å². The fourth-order valence-electron chi connectivity index (χ4n) is 2.55. The van der Waals surface area contributed by atoms with Crippen molar-refractivity contribution in [1.82, 2.24) is 0 Å². The third kappa shape index (κ3) is 2.69. The monoisotopic (exact) mass is 399 g/mol. The summed E-state index contributed by atoms with van der Waals surface area (Å²) < 4.78 is 2.14. The fraction of sp³-hybridized carbons (Fsp3) is 0.200. The third-order valence-corrected chi connectivity index (χ3v) is 5.45. The zero-order chi connectivity index (χ0) is 13.4. The van der Waals surface area contributed by atoms with Crippen molar-refractivity contribution in [1.29, 1.82) is 0 Å². The van der Waals surface area contributed by atoms with E-state index in [0.29, 0.717) is 6.04 Å². The van der Waals surface area contributed by atoms with Gasteiger partial charge in [0.05, 0.1) is 11.1 Å². The van der Waals surface area contributed by atoms with Crippen LogP contribution in [0.1, 0.15) is 23.6 Å². The average Bonchev–Trinajstić information content (AvgIpc) is 2.79. The van der Waals surface area contributed by atoms with Gasteiger partial charge in [0.15, 0.2) is 0 Å². The summed E-state index contributed by atoms with van der Waals surface area (Å²) in [5.41, 5.74) is 3.86.